The summed E-state index contributed by atoms with van der Waals surface area (Å²) in [5.74, 6) is 3.23. The molecule has 0 atom stereocenters. The van der Waals surface area contributed by atoms with E-state index in [0.29, 0.717) is 34.8 Å². The molecule has 7 nitrogen and oxygen atoms in total. The van der Waals surface area contributed by atoms with Crippen molar-refractivity contribution in [2.45, 2.75) is 6.61 Å². The van der Waals surface area contributed by atoms with Crippen LogP contribution in [0.2, 0.25) is 0 Å². The van der Waals surface area contributed by atoms with Crippen LogP contribution in [-0.2, 0) is 6.61 Å². The molecule has 0 bridgehead atoms. The number of benzene rings is 2. The Hall–Kier alpha value is -3.22. The highest BCUT2D eigenvalue weighted by Crippen LogP contribution is 2.30. The molecule has 0 aliphatic carbocycles. The average molecular weight is 342 g/mol. The van der Waals surface area contributed by atoms with Gasteiger partial charge in [0.2, 0.25) is 0 Å². The van der Waals surface area contributed by atoms with Gasteiger partial charge in [-0.2, -0.15) is 0 Å². The number of nitrogens with zero attached hydrogens (tertiary/aromatic N) is 2. The Kier molecular flexibility index (Phi) is 5.03. The third-order valence-corrected chi connectivity index (χ3v) is 3.49. The van der Waals surface area contributed by atoms with Crippen molar-refractivity contribution in [2.75, 3.05) is 21.3 Å². The van der Waals surface area contributed by atoms with Crippen molar-refractivity contribution in [3.05, 3.63) is 48.4 Å². The van der Waals surface area contributed by atoms with E-state index in [1.54, 1.807) is 39.5 Å². The molecule has 0 fully saturated rings. The third-order valence-electron chi connectivity index (χ3n) is 3.49. The van der Waals surface area contributed by atoms with Crippen molar-refractivity contribution in [1.82, 2.24) is 10.2 Å². The molecule has 0 amide bonds. The smallest absolute Gasteiger partial charge is 0.254 e. The first-order chi connectivity index (χ1) is 12.2. The minimum atomic E-state index is 0.123. The Morgan fingerprint density at radius 3 is 2.20 bits per heavy atom. The van der Waals surface area contributed by atoms with Crippen LogP contribution in [-0.4, -0.2) is 31.5 Å². The summed E-state index contributed by atoms with van der Waals surface area (Å²) in [5, 5.41) is 8.06. The van der Waals surface area contributed by atoms with E-state index in [-0.39, 0.29) is 6.61 Å². The number of ether oxygens (including phenoxy) is 4. The first-order valence-corrected chi connectivity index (χ1v) is 7.55. The lowest BCUT2D eigenvalue weighted by Crippen LogP contribution is -1.97. The second kappa shape index (κ2) is 7.57. The molecular weight excluding hydrogens is 324 g/mol. The molecule has 0 aliphatic rings. The number of rotatable bonds is 7. The molecule has 2 aromatic carbocycles. The molecule has 0 aliphatic heterocycles. The second-order valence-electron chi connectivity index (χ2n) is 5.04. The Balaban J connectivity index is 1.74. The molecule has 25 heavy (non-hydrogen) atoms. The van der Waals surface area contributed by atoms with Gasteiger partial charge in [0.05, 0.1) is 26.9 Å². The summed E-state index contributed by atoms with van der Waals surface area (Å²) in [5.41, 5.74) is 0.729. The van der Waals surface area contributed by atoms with Crippen molar-refractivity contribution in [1.29, 1.82) is 0 Å². The topological polar surface area (TPSA) is 75.8 Å². The normalized spacial score (nSPS) is 10.4. The van der Waals surface area contributed by atoms with Gasteiger partial charge in [0.15, 0.2) is 6.61 Å². The van der Waals surface area contributed by atoms with Crippen molar-refractivity contribution in [3.8, 4) is 34.5 Å². The Labute approximate surface area is 145 Å². The van der Waals surface area contributed by atoms with E-state index in [4.69, 9.17) is 23.4 Å². The van der Waals surface area contributed by atoms with Gasteiger partial charge in [-0.15, -0.1) is 10.2 Å². The minimum Gasteiger partial charge on any atom is -0.496 e. The molecule has 0 saturated heterocycles. The fraction of sp³-hybridized carbons (Fsp3) is 0.222. The highest BCUT2D eigenvalue weighted by atomic mass is 16.5. The molecule has 1 heterocycles. The lowest BCUT2D eigenvalue weighted by atomic mass is 10.2. The molecular formula is C18H18N2O5. The summed E-state index contributed by atoms with van der Waals surface area (Å²) in [6.45, 7) is 0.123. The van der Waals surface area contributed by atoms with Crippen LogP contribution in [0.15, 0.2) is 46.9 Å². The predicted molar refractivity (Wildman–Crippen MR) is 90.2 cm³/mol. The van der Waals surface area contributed by atoms with E-state index >= 15 is 0 Å². The van der Waals surface area contributed by atoms with Gasteiger partial charge in [0.1, 0.15) is 23.0 Å². The first-order valence-electron chi connectivity index (χ1n) is 7.55. The number of hydrogen-bond donors (Lipinski definition) is 0. The van der Waals surface area contributed by atoms with E-state index in [0.717, 1.165) is 5.56 Å². The summed E-state index contributed by atoms with van der Waals surface area (Å²) >= 11 is 0. The number of methoxy groups -OCH3 is 3. The van der Waals surface area contributed by atoms with Crippen LogP contribution < -0.4 is 18.9 Å². The van der Waals surface area contributed by atoms with E-state index in [1.165, 1.54) is 0 Å². The molecule has 0 N–H and O–H groups in total. The van der Waals surface area contributed by atoms with Crippen LogP contribution >= 0.6 is 0 Å². The molecule has 0 unspecified atom stereocenters. The molecule has 0 saturated carbocycles. The van der Waals surface area contributed by atoms with Gasteiger partial charge >= 0.3 is 0 Å². The summed E-state index contributed by atoms with van der Waals surface area (Å²) in [7, 11) is 4.75. The van der Waals surface area contributed by atoms with E-state index in [2.05, 4.69) is 10.2 Å². The van der Waals surface area contributed by atoms with Gasteiger partial charge in [-0.3, -0.25) is 0 Å². The first kappa shape index (κ1) is 16.6. The molecule has 0 radical (unpaired) electrons. The minimum absolute atomic E-state index is 0.123. The van der Waals surface area contributed by atoms with Crippen LogP contribution in [0.4, 0.5) is 0 Å². The molecule has 7 heteroatoms. The lowest BCUT2D eigenvalue weighted by molar-refractivity contribution is 0.261. The highest BCUT2D eigenvalue weighted by molar-refractivity contribution is 5.62. The maximum Gasteiger partial charge on any atom is 0.254 e. The van der Waals surface area contributed by atoms with E-state index in [9.17, 15) is 0 Å². The standard InChI is InChI=1S/C18H18N2O5/c1-21-12-8-13(22-2)10-14(9-12)24-11-17-19-20-18(25-17)15-6-4-5-7-16(15)23-3/h4-10H,11H2,1-3H3. The lowest BCUT2D eigenvalue weighted by Gasteiger charge is -2.08. The number of hydrogen-bond acceptors (Lipinski definition) is 7. The quantitative estimate of drug-likeness (QED) is 0.652. The average Bonchev–Trinajstić information content (AvgIpc) is 3.14. The number of aromatic nitrogens is 2. The Bertz CT molecular complexity index is 825. The fourth-order valence-corrected chi connectivity index (χ4v) is 2.25. The van der Waals surface area contributed by atoms with Crippen LogP contribution in [0.25, 0.3) is 11.5 Å². The monoisotopic (exact) mass is 342 g/mol. The van der Waals surface area contributed by atoms with Crippen molar-refractivity contribution < 1.29 is 23.4 Å². The zero-order valence-corrected chi connectivity index (χ0v) is 14.2. The van der Waals surface area contributed by atoms with E-state index < -0.39 is 0 Å². The van der Waals surface area contributed by atoms with Crippen molar-refractivity contribution in [2.24, 2.45) is 0 Å². The largest absolute Gasteiger partial charge is 0.496 e. The van der Waals surface area contributed by atoms with Crippen molar-refractivity contribution in [3.63, 3.8) is 0 Å². The van der Waals surface area contributed by atoms with Gasteiger partial charge in [-0.25, -0.2) is 0 Å². The van der Waals surface area contributed by atoms with Crippen LogP contribution in [0, 0.1) is 0 Å². The van der Waals surface area contributed by atoms with Gasteiger partial charge in [-0.05, 0) is 12.1 Å². The van der Waals surface area contributed by atoms with Gasteiger partial charge in [0, 0.05) is 18.2 Å². The second-order valence-corrected chi connectivity index (χ2v) is 5.04. The SMILES string of the molecule is COc1cc(OC)cc(OCc2nnc(-c3ccccc3OC)o2)c1. The zero-order valence-electron chi connectivity index (χ0n) is 14.2. The van der Waals surface area contributed by atoms with Crippen LogP contribution in [0.5, 0.6) is 23.0 Å². The molecule has 130 valence electrons. The highest BCUT2D eigenvalue weighted by Gasteiger charge is 2.13. The fourth-order valence-electron chi connectivity index (χ4n) is 2.25. The Morgan fingerprint density at radius 1 is 0.840 bits per heavy atom. The van der Waals surface area contributed by atoms with Gasteiger partial charge in [0.25, 0.3) is 11.8 Å². The maximum absolute atomic E-state index is 5.70. The Morgan fingerprint density at radius 2 is 1.52 bits per heavy atom. The maximum atomic E-state index is 5.70. The van der Waals surface area contributed by atoms with Gasteiger partial charge < -0.3 is 23.4 Å². The molecule has 0 spiro atoms. The predicted octanol–water partition coefficient (Wildman–Crippen LogP) is 3.34. The summed E-state index contributed by atoms with van der Waals surface area (Å²) in [4.78, 5) is 0. The number of para-hydroxylation sites is 1. The van der Waals surface area contributed by atoms with Crippen LogP contribution in [0.1, 0.15) is 5.89 Å². The summed E-state index contributed by atoms with van der Waals surface area (Å²) in [6, 6.07) is 12.7. The zero-order chi connectivity index (χ0) is 17.6. The molecule has 1 aromatic heterocycles. The van der Waals surface area contributed by atoms with Gasteiger partial charge in [-0.1, -0.05) is 12.1 Å². The molecule has 3 aromatic rings. The third kappa shape index (κ3) is 3.82. The molecule has 3 rings (SSSR count). The van der Waals surface area contributed by atoms with Crippen LogP contribution in [0.3, 0.4) is 0 Å². The van der Waals surface area contributed by atoms with E-state index in [1.807, 2.05) is 24.3 Å². The summed E-state index contributed by atoms with van der Waals surface area (Å²) in [6.07, 6.45) is 0. The summed E-state index contributed by atoms with van der Waals surface area (Å²) < 4.78 is 27.1. The van der Waals surface area contributed by atoms with Crippen molar-refractivity contribution >= 4 is 0 Å².